The standard InChI is InChI=1S/C18H18N4O5S/c1-21(2)28(24,25)14-7-5-12(6-8-14)18(23)22-10-13(11-22)17-19-16(20-27-17)15-4-3-9-26-15/h3-9,13H,10-11H2,1-2H3. The first-order chi connectivity index (χ1) is 13.4. The fraction of sp³-hybridized carbons (Fsp3) is 0.278. The first kappa shape index (κ1) is 18.4. The number of amides is 1. The molecule has 1 fully saturated rings. The Bertz CT molecular complexity index is 1080. The molecular weight excluding hydrogens is 384 g/mol. The van der Waals surface area contributed by atoms with E-state index < -0.39 is 10.0 Å². The highest BCUT2D eigenvalue weighted by Gasteiger charge is 2.36. The minimum Gasteiger partial charge on any atom is -0.461 e. The first-order valence-electron chi connectivity index (χ1n) is 8.55. The minimum absolute atomic E-state index is 0.0337. The Labute approximate surface area is 161 Å². The van der Waals surface area contributed by atoms with Crippen LogP contribution in [0.25, 0.3) is 11.6 Å². The molecule has 3 aromatic rings. The van der Waals surface area contributed by atoms with E-state index >= 15 is 0 Å². The van der Waals surface area contributed by atoms with Crippen LogP contribution in [-0.4, -0.2) is 60.9 Å². The smallest absolute Gasteiger partial charge is 0.253 e. The van der Waals surface area contributed by atoms with Crippen LogP contribution in [0.1, 0.15) is 22.2 Å². The molecule has 1 aliphatic rings. The van der Waals surface area contributed by atoms with Gasteiger partial charge in [0.25, 0.3) is 5.91 Å². The monoisotopic (exact) mass is 402 g/mol. The van der Waals surface area contributed by atoms with E-state index in [9.17, 15) is 13.2 Å². The summed E-state index contributed by atoms with van der Waals surface area (Å²) in [4.78, 5) is 18.7. The van der Waals surface area contributed by atoms with Crippen molar-refractivity contribution in [2.45, 2.75) is 10.8 Å². The quantitative estimate of drug-likeness (QED) is 0.640. The largest absolute Gasteiger partial charge is 0.461 e. The third-order valence-corrected chi connectivity index (χ3v) is 6.41. The number of benzene rings is 1. The summed E-state index contributed by atoms with van der Waals surface area (Å²) in [5.74, 6) is 1.16. The summed E-state index contributed by atoms with van der Waals surface area (Å²) in [6, 6.07) is 9.40. The fourth-order valence-electron chi connectivity index (χ4n) is 2.87. The van der Waals surface area contributed by atoms with Crippen LogP contribution in [0, 0.1) is 0 Å². The number of furan rings is 1. The molecule has 1 amide bonds. The van der Waals surface area contributed by atoms with Crippen molar-refractivity contribution in [1.82, 2.24) is 19.3 Å². The zero-order chi connectivity index (χ0) is 19.9. The number of hydrogen-bond donors (Lipinski definition) is 0. The van der Waals surface area contributed by atoms with Crippen molar-refractivity contribution in [2.75, 3.05) is 27.2 Å². The van der Waals surface area contributed by atoms with Crippen molar-refractivity contribution in [3.63, 3.8) is 0 Å². The van der Waals surface area contributed by atoms with Crippen molar-refractivity contribution in [2.24, 2.45) is 0 Å². The molecule has 1 saturated heterocycles. The van der Waals surface area contributed by atoms with Gasteiger partial charge in [-0.15, -0.1) is 0 Å². The van der Waals surface area contributed by atoms with Crippen LogP contribution in [0.3, 0.4) is 0 Å². The van der Waals surface area contributed by atoms with Gasteiger partial charge in [-0.1, -0.05) is 5.16 Å². The molecule has 146 valence electrons. The Hall–Kier alpha value is -2.98. The van der Waals surface area contributed by atoms with E-state index in [1.54, 1.807) is 17.0 Å². The number of hydrogen-bond acceptors (Lipinski definition) is 7. The number of nitrogens with zero attached hydrogens (tertiary/aromatic N) is 4. The number of likely N-dealkylation sites (tertiary alicyclic amines) is 1. The number of carbonyl (C=O) groups excluding carboxylic acids is 1. The summed E-state index contributed by atoms with van der Waals surface area (Å²) in [6.45, 7) is 0.909. The molecule has 0 aliphatic carbocycles. The van der Waals surface area contributed by atoms with Crippen LogP contribution in [0.2, 0.25) is 0 Å². The molecule has 0 bridgehead atoms. The summed E-state index contributed by atoms with van der Waals surface area (Å²) in [5.41, 5.74) is 0.429. The SMILES string of the molecule is CN(C)S(=O)(=O)c1ccc(C(=O)N2CC(c3nc(-c4ccco4)no3)C2)cc1. The van der Waals surface area contributed by atoms with Gasteiger partial charge >= 0.3 is 0 Å². The summed E-state index contributed by atoms with van der Waals surface area (Å²) in [7, 11) is -0.596. The lowest BCUT2D eigenvalue weighted by molar-refractivity contribution is 0.0569. The number of rotatable bonds is 5. The van der Waals surface area contributed by atoms with Gasteiger partial charge in [0.15, 0.2) is 5.76 Å². The topological polar surface area (TPSA) is 110 Å². The predicted octanol–water partition coefficient (Wildman–Crippen LogP) is 1.82. The van der Waals surface area contributed by atoms with E-state index in [1.165, 1.54) is 44.6 Å². The molecule has 1 aliphatic heterocycles. The Kier molecular flexibility index (Phi) is 4.52. The maximum atomic E-state index is 12.6. The molecular formula is C18H18N4O5S. The molecule has 0 saturated carbocycles. The molecule has 0 N–H and O–H groups in total. The maximum absolute atomic E-state index is 12.6. The lowest BCUT2D eigenvalue weighted by atomic mass is 9.99. The van der Waals surface area contributed by atoms with Gasteiger partial charge in [-0.05, 0) is 36.4 Å². The van der Waals surface area contributed by atoms with Crippen molar-refractivity contribution < 1.29 is 22.2 Å². The van der Waals surface area contributed by atoms with Gasteiger partial charge in [0.1, 0.15) is 0 Å². The molecule has 2 aromatic heterocycles. The van der Waals surface area contributed by atoms with Gasteiger partial charge in [-0.25, -0.2) is 12.7 Å². The number of carbonyl (C=O) groups is 1. The van der Waals surface area contributed by atoms with Crippen molar-refractivity contribution in [3.8, 4) is 11.6 Å². The summed E-state index contributed by atoms with van der Waals surface area (Å²) < 4.78 is 35.8. The molecule has 1 aromatic carbocycles. The van der Waals surface area contributed by atoms with Gasteiger partial charge in [-0.2, -0.15) is 4.98 Å². The van der Waals surface area contributed by atoms with Gasteiger partial charge in [0, 0.05) is 32.7 Å². The molecule has 10 heteroatoms. The Balaban J connectivity index is 1.40. The van der Waals surface area contributed by atoms with Gasteiger partial charge in [0.2, 0.25) is 21.7 Å². The summed E-state index contributed by atoms with van der Waals surface area (Å²) in [5, 5.41) is 3.89. The second-order valence-electron chi connectivity index (χ2n) is 6.65. The molecule has 0 unspecified atom stereocenters. The van der Waals surface area contributed by atoms with Crippen LogP contribution in [0.15, 0.2) is 56.5 Å². The van der Waals surface area contributed by atoms with Gasteiger partial charge < -0.3 is 13.8 Å². The van der Waals surface area contributed by atoms with Crippen molar-refractivity contribution >= 4 is 15.9 Å². The van der Waals surface area contributed by atoms with E-state index in [4.69, 9.17) is 8.94 Å². The van der Waals surface area contributed by atoms with Gasteiger partial charge in [-0.3, -0.25) is 4.79 Å². The zero-order valence-corrected chi connectivity index (χ0v) is 16.1. The van der Waals surface area contributed by atoms with Crippen molar-refractivity contribution in [3.05, 3.63) is 54.1 Å². The second kappa shape index (κ2) is 6.88. The molecule has 28 heavy (non-hydrogen) atoms. The summed E-state index contributed by atoms with van der Waals surface area (Å²) >= 11 is 0. The van der Waals surface area contributed by atoms with Crippen LogP contribution < -0.4 is 0 Å². The first-order valence-corrected chi connectivity index (χ1v) is 9.99. The highest BCUT2D eigenvalue weighted by atomic mass is 32.2. The van der Waals surface area contributed by atoms with Crippen LogP contribution in [0.5, 0.6) is 0 Å². The average molecular weight is 402 g/mol. The average Bonchev–Trinajstić information content (AvgIpc) is 3.32. The van der Waals surface area contributed by atoms with E-state index in [0.29, 0.717) is 36.1 Å². The Morgan fingerprint density at radius 3 is 2.50 bits per heavy atom. The number of sulfonamides is 1. The Morgan fingerprint density at radius 1 is 1.18 bits per heavy atom. The molecule has 0 radical (unpaired) electrons. The normalized spacial score (nSPS) is 15.0. The maximum Gasteiger partial charge on any atom is 0.253 e. The van der Waals surface area contributed by atoms with Crippen LogP contribution in [-0.2, 0) is 10.0 Å². The van der Waals surface area contributed by atoms with Crippen molar-refractivity contribution in [1.29, 1.82) is 0 Å². The minimum atomic E-state index is -3.52. The lowest BCUT2D eigenvalue weighted by Crippen LogP contribution is -2.48. The van der Waals surface area contributed by atoms with Crippen LogP contribution >= 0.6 is 0 Å². The van der Waals surface area contributed by atoms with E-state index in [0.717, 1.165) is 4.31 Å². The Morgan fingerprint density at radius 2 is 1.89 bits per heavy atom. The zero-order valence-electron chi connectivity index (χ0n) is 15.3. The van der Waals surface area contributed by atoms with E-state index in [1.807, 2.05) is 0 Å². The summed E-state index contributed by atoms with van der Waals surface area (Å²) in [6.07, 6.45) is 1.53. The lowest BCUT2D eigenvalue weighted by Gasteiger charge is -2.37. The third kappa shape index (κ3) is 3.20. The second-order valence-corrected chi connectivity index (χ2v) is 8.80. The predicted molar refractivity (Wildman–Crippen MR) is 98.0 cm³/mol. The molecule has 9 nitrogen and oxygen atoms in total. The molecule has 0 spiro atoms. The number of aromatic nitrogens is 2. The van der Waals surface area contributed by atoms with E-state index in [2.05, 4.69) is 10.1 Å². The van der Waals surface area contributed by atoms with E-state index in [-0.39, 0.29) is 16.7 Å². The molecule has 4 rings (SSSR count). The molecule has 0 atom stereocenters. The third-order valence-electron chi connectivity index (χ3n) is 4.58. The highest BCUT2D eigenvalue weighted by molar-refractivity contribution is 7.89. The molecule has 3 heterocycles. The van der Waals surface area contributed by atoms with Gasteiger partial charge in [0.05, 0.1) is 17.1 Å². The fourth-order valence-corrected chi connectivity index (χ4v) is 3.77. The van der Waals surface area contributed by atoms with Crippen LogP contribution in [0.4, 0.5) is 0 Å². The highest BCUT2D eigenvalue weighted by Crippen LogP contribution is 2.29.